The molecule has 2 atom stereocenters. The van der Waals surface area contributed by atoms with E-state index in [-0.39, 0.29) is 5.82 Å². The van der Waals surface area contributed by atoms with E-state index in [0.717, 1.165) is 24.8 Å². The first-order valence-corrected chi connectivity index (χ1v) is 7.13. The summed E-state index contributed by atoms with van der Waals surface area (Å²) in [5, 5.41) is 3.41. The van der Waals surface area contributed by atoms with Crippen molar-refractivity contribution >= 4 is 0 Å². The van der Waals surface area contributed by atoms with Crippen LogP contribution in [0.15, 0.2) is 42.6 Å². The number of fused-ring (bicyclic) bond motifs is 1. The van der Waals surface area contributed by atoms with E-state index in [2.05, 4.69) is 16.4 Å². The summed E-state index contributed by atoms with van der Waals surface area (Å²) in [6.07, 6.45) is 5.02. The number of rotatable bonds is 4. The van der Waals surface area contributed by atoms with E-state index in [1.807, 2.05) is 31.4 Å². The number of aromatic nitrogens is 1. The molecule has 0 aliphatic heterocycles. The lowest BCUT2D eigenvalue weighted by Crippen LogP contribution is -2.33. The van der Waals surface area contributed by atoms with Gasteiger partial charge in [-0.15, -0.1) is 0 Å². The van der Waals surface area contributed by atoms with Gasteiger partial charge < -0.3 is 5.32 Å². The summed E-state index contributed by atoms with van der Waals surface area (Å²) in [5.41, 5.74) is 3.76. The van der Waals surface area contributed by atoms with Gasteiger partial charge in [-0.3, -0.25) is 4.98 Å². The Bertz CT molecular complexity index is 580. The second-order valence-corrected chi connectivity index (χ2v) is 5.42. The van der Waals surface area contributed by atoms with Crippen molar-refractivity contribution in [2.24, 2.45) is 0 Å². The zero-order valence-electron chi connectivity index (χ0n) is 11.6. The van der Waals surface area contributed by atoms with Crippen molar-refractivity contribution in [3.05, 3.63) is 65.2 Å². The van der Waals surface area contributed by atoms with Gasteiger partial charge in [-0.25, -0.2) is 4.39 Å². The van der Waals surface area contributed by atoms with E-state index < -0.39 is 0 Å². The predicted octanol–water partition coefficient (Wildman–Crippen LogP) is 3.08. The standard InChI is InChI=1S/C17H19FN2/c1-19-16(11-12-4-7-14(18)8-5-12)15-9-6-13-3-2-10-20-17(13)15/h2-5,7-8,10,15-16,19H,6,9,11H2,1H3. The number of hydrogen-bond donors (Lipinski definition) is 1. The van der Waals surface area contributed by atoms with E-state index in [9.17, 15) is 4.39 Å². The SMILES string of the molecule is CNC(Cc1ccc(F)cc1)C1CCc2cccnc21. The molecule has 1 aliphatic rings. The molecule has 2 aromatic rings. The molecule has 1 heterocycles. The van der Waals surface area contributed by atoms with E-state index in [0.29, 0.717) is 12.0 Å². The van der Waals surface area contributed by atoms with Gasteiger partial charge in [0.2, 0.25) is 0 Å². The van der Waals surface area contributed by atoms with Crippen molar-refractivity contribution in [1.29, 1.82) is 0 Å². The average Bonchev–Trinajstić information content (AvgIpc) is 2.91. The van der Waals surface area contributed by atoms with Gasteiger partial charge in [0.25, 0.3) is 0 Å². The Morgan fingerprint density at radius 2 is 2.10 bits per heavy atom. The Hall–Kier alpha value is -1.74. The number of likely N-dealkylation sites (N-methyl/N-ethyl adjacent to an activating group) is 1. The van der Waals surface area contributed by atoms with Crippen LogP contribution >= 0.6 is 0 Å². The van der Waals surface area contributed by atoms with Crippen molar-refractivity contribution in [3.8, 4) is 0 Å². The molecule has 0 fully saturated rings. The Kier molecular flexibility index (Phi) is 3.79. The van der Waals surface area contributed by atoms with Gasteiger partial charge >= 0.3 is 0 Å². The van der Waals surface area contributed by atoms with Gasteiger partial charge in [-0.2, -0.15) is 0 Å². The summed E-state index contributed by atoms with van der Waals surface area (Å²) in [7, 11) is 2.00. The molecule has 3 rings (SSSR count). The van der Waals surface area contributed by atoms with E-state index in [1.54, 1.807) is 0 Å². The number of aryl methyl sites for hydroxylation is 1. The Morgan fingerprint density at radius 1 is 1.30 bits per heavy atom. The third-order valence-corrected chi connectivity index (χ3v) is 4.23. The number of benzene rings is 1. The second kappa shape index (κ2) is 5.71. The molecule has 1 aromatic carbocycles. The van der Waals surface area contributed by atoms with Crippen LogP contribution in [-0.4, -0.2) is 18.1 Å². The van der Waals surface area contributed by atoms with Gasteiger partial charge in [0.15, 0.2) is 0 Å². The fourth-order valence-corrected chi connectivity index (χ4v) is 3.16. The van der Waals surface area contributed by atoms with Gasteiger partial charge in [0.05, 0.1) is 0 Å². The maximum atomic E-state index is 13.0. The lowest BCUT2D eigenvalue weighted by molar-refractivity contribution is 0.450. The highest BCUT2D eigenvalue weighted by molar-refractivity contribution is 5.31. The molecular formula is C17H19FN2. The summed E-state index contributed by atoms with van der Waals surface area (Å²) < 4.78 is 13.0. The summed E-state index contributed by atoms with van der Waals surface area (Å²) in [5.74, 6) is 0.267. The maximum absolute atomic E-state index is 13.0. The largest absolute Gasteiger partial charge is 0.316 e. The topological polar surface area (TPSA) is 24.9 Å². The van der Waals surface area contributed by atoms with Crippen LogP contribution in [0.4, 0.5) is 4.39 Å². The van der Waals surface area contributed by atoms with E-state index >= 15 is 0 Å². The van der Waals surface area contributed by atoms with Crippen LogP contribution in [0.25, 0.3) is 0 Å². The minimum absolute atomic E-state index is 0.178. The average molecular weight is 270 g/mol. The van der Waals surface area contributed by atoms with Gasteiger partial charge in [-0.05, 0) is 55.6 Å². The number of nitrogens with zero attached hydrogens (tertiary/aromatic N) is 1. The van der Waals surface area contributed by atoms with Crippen molar-refractivity contribution < 1.29 is 4.39 Å². The van der Waals surface area contributed by atoms with E-state index in [4.69, 9.17) is 0 Å². The molecule has 0 saturated heterocycles. The zero-order chi connectivity index (χ0) is 13.9. The minimum atomic E-state index is -0.178. The maximum Gasteiger partial charge on any atom is 0.123 e. The molecule has 0 spiro atoms. The van der Waals surface area contributed by atoms with Crippen molar-refractivity contribution in [2.45, 2.75) is 31.2 Å². The summed E-state index contributed by atoms with van der Waals surface area (Å²) in [4.78, 5) is 4.57. The monoisotopic (exact) mass is 270 g/mol. The molecule has 1 N–H and O–H groups in total. The second-order valence-electron chi connectivity index (χ2n) is 5.42. The van der Waals surface area contributed by atoms with Crippen LogP contribution in [0.2, 0.25) is 0 Å². The van der Waals surface area contributed by atoms with E-state index in [1.165, 1.54) is 23.4 Å². The minimum Gasteiger partial charge on any atom is -0.316 e. The first-order chi connectivity index (χ1) is 9.78. The fourth-order valence-electron chi connectivity index (χ4n) is 3.16. The molecule has 0 saturated carbocycles. The van der Waals surface area contributed by atoms with Gasteiger partial charge in [0.1, 0.15) is 5.82 Å². The summed E-state index contributed by atoms with van der Waals surface area (Å²) in [6.45, 7) is 0. The molecule has 1 aromatic heterocycles. The van der Waals surface area contributed by atoms with Crippen LogP contribution in [0.3, 0.4) is 0 Å². The molecule has 0 amide bonds. The first kappa shape index (κ1) is 13.3. The molecule has 1 aliphatic carbocycles. The Morgan fingerprint density at radius 3 is 2.85 bits per heavy atom. The van der Waals surface area contributed by atoms with Gasteiger partial charge in [0, 0.05) is 23.9 Å². The number of pyridine rings is 1. The van der Waals surface area contributed by atoms with Crippen molar-refractivity contribution in [1.82, 2.24) is 10.3 Å². The van der Waals surface area contributed by atoms with Crippen molar-refractivity contribution in [2.75, 3.05) is 7.05 Å². The molecule has 3 heteroatoms. The highest BCUT2D eigenvalue weighted by atomic mass is 19.1. The zero-order valence-corrected chi connectivity index (χ0v) is 11.6. The Balaban J connectivity index is 1.79. The molecule has 2 unspecified atom stereocenters. The van der Waals surface area contributed by atoms with Crippen LogP contribution < -0.4 is 5.32 Å². The summed E-state index contributed by atoms with van der Waals surface area (Å²) >= 11 is 0. The van der Waals surface area contributed by atoms with Crippen molar-refractivity contribution in [3.63, 3.8) is 0 Å². The highest BCUT2D eigenvalue weighted by Crippen LogP contribution is 2.34. The Labute approximate surface area is 119 Å². The number of halogens is 1. The number of nitrogens with one attached hydrogen (secondary N) is 1. The quantitative estimate of drug-likeness (QED) is 0.923. The lowest BCUT2D eigenvalue weighted by atomic mass is 9.91. The summed E-state index contributed by atoms with van der Waals surface area (Å²) in [6, 6.07) is 11.3. The molecule has 0 bridgehead atoms. The van der Waals surface area contributed by atoms with Crippen LogP contribution in [-0.2, 0) is 12.8 Å². The van der Waals surface area contributed by atoms with Crippen LogP contribution in [0.1, 0.15) is 29.2 Å². The third-order valence-electron chi connectivity index (χ3n) is 4.23. The predicted molar refractivity (Wildman–Crippen MR) is 78.3 cm³/mol. The molecule has 2 nitrogen and oxygen atoms in total. The lowest BCUT2D eigenvalue weighted by Gasteiger charge is -2.23. The third kappa shape index (κ3) is 2.59. The first-order valence-electron chi connectivity index (χ1n) is 7.13. The van der Waals surface area contributed by atoms with Gasteiger partial charge in [-0.1, -0.05) is 18.2 Å². The fraction of sp³-hybridized carbons (Fsp3) is 0.353. The molecule has 104 valence electrons. The number of hydrogen-bond acceptors (Lipinski definition) is 2. The highest BCUT2D eigenvalue weighted by Gasteiger charge is 2.30. The van der Waals surface area contributed by atoms with Crippen LogP contribution in [0, 0.1) is 5.82 Å². The molecular weight excluding hydrogens is 251 g/mol. The molecule has 0 radical (unpaired) electrons. The smallest absolute Gasteiger partial charge is 0.123 e. The normalized spacial score (nSPS) is 18.8. The molecule has 20 heavy (non-hydrogen) atoms. The van der Waals surface area contributed by atoms with Crippen LogP contribution in [0.5, 0.6) is 0 Å².